The van der Waals surface area contributed by atoms with Crippen LogP contribution in [0.25, 0.3) is 0 Å². The summed E-state index contributed by atoms with van der Waals surface area (Å²) in [5, 5.41) is 4.72. The van der Waals surface area contributed by atoms with Crippen LogP contribution in [0.1, 0.15) is 52.9 Å². The highest BCUT2D eigenvalue weighted by atomic mass is 16.8. The molecule has 5 heteroatoms. The molecule has 0 bridgehead atoms. The molecule has 19 heavy (non-hydrogen) atoms. The molecule has 1 N–H and O–H groups in total. The normalized spacial score (nSPS) is 24.6. The van der Waals surface area contributed by atoms with Crippen LogP contribution in [0, 0.1) is 5.92 Å². The molecule has 1 fully saturated rings. The second kappa shape index (κ2) is 7.60. The molecule has 1 heterocycles. The van der Waals surface area contributed by atoms with E-state index >= 15 is 0 Å². The van der Waals surface area contributed by atoms with E-state index in [1.165, 1.54) is 0 Å². The van der Waals surface area contributed by atoms with Crippen molar-refractivity contribution in [2.24, 2.45) is 5.92 Å². The van der Waals surface area contributed by atoms with Crippen molar-refractivity contribution in [1.82, 2.24) is 10.4 Å². The van der Waals surface area contributed by atoms with Crippen molar-refractivity contribution in [3.63, 3.8) is 0 Å². The van der Waals surface area contributed by atoms with Crippen molar-refractivity contribution in [3.05, 3.63) is 0 Å². The molecular formula is C14H26N2O3. The second-order valence-electron chi connectivity index (χ2n) is 5.50. The van der Waals surface area contributed by atoms with Crippen molar-refractivity contribution in [1.29, 1.82) is 0 Å². The smallest absolute Gasteiger partial charge is 0.223 e. The molecule has 1 saturated heterocycles. The van der Waals surface area contributed by atoms with Crippen LogP contribution in [-0.2, 0) is 14.4 Å². The summed E-state index contributed by atoms with van der Waals surface area (Å²) in [4.78, 5) is 28.5. The van der Waals surface area contributed by atoms with Gasteiger partial charge in [0.1, 0.15) is 5.78 Å². The van der Waals surface area contributed by atoms with Gasteiger partial charge in [-0.05, 0) is 13.3 Å². The molecule has 0 aromatic carbocycles. The summed E-state index contributed by atoms with van der Waals surface area (Å²) >= 11 is 0. The third kappa shape index (κ3) is 6.16. The number of hydrogen-bond donors (Lipinski definition) is 1. The summed E-state index contributed by atoms with van der Waals surface area (Å²) in [6.45, 7) is 5.61. The molecule has 110 valence electrons. The van der Waals surface area contributed by atoms with Gasteiger partial charge in [0.05, 0.1) is 0 Å². The van der Waals surface area contributed by atoms with Gasteiger partial charge in [-0.2, -0.15) is 5.06 Å². The monoisotopic (exact) mass is 270 g/mol. The Morgan fingerprint density at radius 3 is 2.53 bits per heavy atom. The average Bonchev–Trinajstić information content (AvgIpc) is 3.00. The van der Waals surface area contributed by atoms with E-state index < -0.39 is 0 Å². The molecule has 0 aromatic rings. The minimum Gasteiger partial charge on any atom is -0.353 e. The summed E-state index contributed by atoms with van der Waals surface area (Å²) in [6.07, 6.45) is 4.13. The van der Waals surface area contributed by atoms with E-state index in [4.69, 9.17) is 4.84 Å². The number of hydrogen-bond acceptors (Lipinski definition) is 4. The van der Waals surface area contributed by atoms with Crippen molar-refractivity contribution < 1.29 is 14.4 Å². The molecule has 4 unspecified atom stereocenters. The van der Waals surface area contributed by atoms with Crippen LogP contribution in [0.4, 0.5) is 0 Å². The third-order valence-electron chi connectivity index (χ3n) is 3.45. The highest BCUT2D eigenvalue weighted by Gasteiger charge is 2.35. The third-order valence-corrected chi connectivity index (χ3v) is 3.45. The van der Waals surface area contributed by atoms with Crippen LogP contribution in [0.2, 0.25) is 0 Å². The Labute approximate surface area is 115 Å². The topological polar surface area (TPSA) is 61.7 Å². The molecule has 1 rings (SSSR count). The van der Waals surface area contributed by atoms with Crippen molar-refractivity contribution in [2.75, 3.05) is 7.05 Å². The van der Waals surface area contributed by atoms with Gasteiger partial charge in [-0.1, -0.05) is 26.7 Å². The standard InChI is InChI=1S/C14H26N2O3/c1-5-6-7-10(2)14(18)15-12(8-11(3)17)9-13-16(4)19-13/h10,12-13H,5-9H2,1-4H3,(H,15,18). The minimum atomic E-state index is -0.121. The fourth-order valence-corrected chi connectivity index (χ4v) is 2.12. The van der Waals surface area contributed by atoms with Gasteiger partial charge in [0.25, 0.3) is 0 Å². The molecule has 1 aliphatic heterocycles. The van der Waals surface area contributed by atoms with Crippen LogP contribution in [0.5, 0.6) is 0 Å². The van der Waals surface area contributed by atoms with Crippen molar-refractivity contribution in [2.45, 2.75) is 65.1 Å². The predicted molar refractivity (Wildman–Crippen MR) is 73.2 cm³/mol. The lowest BCUT2D eigenvalue weighted by molar-refractivity contribution is -0.125. The Kier molecular flexibility index (Phi) is 6.45. The number of ketones is 1. The quantitative estimate of drug-likeness (QED) is 0.650. The number of carbonyl (C=O) groups is 2. The van der Waals surface area contributed by atoms with Gasteiger partial charge in [-0.15, -0.1) is 0 Å². The molecule has 0 saturated carbocycles. The number of nitrogens with one attached hydrogen (secondary N) is 1. The van der Waals surface area contributed by atoms with Gasteiger partial charge < -0.3 is 5.32 Å². The maximum absolute atomic E-state index is 12.0. The lowest BCUT2D eigenvalue weighted by Crippen LogP contribution is -2.40. The molecule has 1 amide bonds. The highest BCUT2D eigenvalue weighted by Crippen LogP contribution is 2.23. The average molecular weight is 270 g/mol. The van der Waals surface area contributed by atoms with Crippen LogP contribution in [-0.4, -0.2) is 36.1 Å². The lowest BCUT2D eigenvalue weighted by Gasteiger charge is -2.19. The Morgan fingerprint density at radius 1 is 1.42 bits per heavy atom. The molecule has 0 spiro atoms. The minimum absolute atomic E-state index is 0.00672. The number of Topliss-reactive ketones (excluding diaryl/α,β-unsaturated/α-hetero) is 1. The zero-order chi connectivity index (χ0) is 14.4. The van der Waals surface area contributed by atoms with Crippen LogP contribution in [0.15, 0.2) is 0 Å². The first-order valence-corrected chi connectivity index (χ1v) is 7.13. The van der Waals surface area contributed by atoms with Crippen molar-refractivity contribution >= 4 is 11.7 Å². The summed E-state index contributed by atoms with van der Waals surface area (Å²) in [7, 11) is 1.85. The van der Waals surface area contributed by atoms with Crippen LogP contribution < -0.4 is 5.32 Å². The fraction of sp³-hybridized carbons (Fsp3) is 0.857. The molecule has 4 atom stereocenters. The van der Waals surface area contributed by atoms with E-state index in [-0.39, 0.29) is 29.9 Å². The molecule has 1 aliphatic rings. The van der Waals surface area contributed by atoms with E-state index in [0.717, 1.165) is 19.3 Å². The molecule has 0 aliphatic carbocycles. The molecular weight excluding hydrogens is 244 g/mol. The molecule has 5 nitrogen and oxygen atoms in total. The number of rotatable bonds is 9. The Morgan fingerprint density at radius 2 is 2.05 bits per heavy atom. The van der Waals surface area contributed by atoms with E-state index in [0.29, 0.717) is 12.8 Å². The highest BCUT2D eigenvalue weighted by molar-refractivity contribution is 5.80. The van der Waals surface area contributed by atoms with Gasteiger partial charge in [0.2, 0.25) is 5.91 Å². The van der Waals surface area contributed by atoms with Crippen LogP contribution in [0.3, 0.4) is 0 Å². The maximum Gasteiger partial charge on any atom is 0.223 e. The van der Waals surface area contributed by atoms with Gasteiger partial charge in [-0.3, -0.25) is 14.4 Å². The number of carbonyl (C=O) groups excluding carboxylic acids is 2. The van der Waals surface area contributed by atoms with E-state index in [1.807, 2.05) is 14.0 Å². The molecule has 0 radical (unpaired) electrons. The van der Waals surface area contributed by atoms with Crippen molar-refractivity contribution in [3.8, 4) is 0 Å². The first kappa shape index (κ1) is 16.1. The van der Waals surface area contributed by atoms with E-state index in [1.54, 1.807) is 12.0 Å². The van der Waals surface area contributed by atoms with Gasteiger partial charge >= 0.3 is 0 Å². The number of nitrogens with zero attached hydrogens (tertiary/aromatic N) is 1. The van der Waals surface area contributed by atoms with E-state index in [2.05, 4.69) is 12.2 Å². The Balaban J connectivity index is 2.41. The lowest BCUT2D eigenvalue weighted by atomic mass is 10.0. The summed E-state index contributed by atoms with van der Waals surface area (Å²) in [6, 6.07) is -0.121. The first-order chi connectivity index (χ1) is 8.93. The number of hydroxylamine groups is 2. The zero-order valence-corrected chi connectivity index (χ0v) is 12.4. The zero-order valence-electron chi connectivity index (χ0n) is 12.4. The fourth-order valence-electron chi connectivity index (χ4n) is 2.12. The summed E-state index contributed by atoms with van der Waals surface area (Å²) in [5.41, 5.74) is 0. The molecule has 0 aromatic heterocycles. The van der Waals surface area contributed by atoms with Gasteiger partial charge in [0.15, 0.2) is 6.23 Å². The van der Waals surface area contributed by atoms with E-state index in [9.17, 15) is 9.59 Å². The van der Waals surface area contributed by atoms with Gasteiger partial charge in [-0.25, -0.2) is 0 Å². The number of unbranched alkanes of at least 4 members (excludes halogenated alkanes) is 1. The van der Waals surface area contributed by atoms with Gasteiger partial charge in [0, 0.05) is 31.8 Å². The predicted octanol–water partition coefficient (Wildman–Crippen LogP) is 1.87. The Bertz CT molecular complexity index is 320. The maximum atomic E-state index is 12.0. The SMILES string of the molecule is CCCCC(C)C(=O)NC(CC(C)=O)CC1ON1C. The second-order valence-corrected chi connectivity index (χ2v) is 5.50. The summed E-state index contributed by atoms with van der Waals surface area (Å²) in [5.74, 6) is 0.144. The Hall–Kier alpha value is -0.940. The first-order valence-electron chi connectivity index (χ1n) is 7.13. The number of amides is 1. The summed E-state index contributed by atoms with van der Waals surface area (Å²) < 4.78 is 0. The largest absolute Gasteiger partial charge is 0.353 e. The van der Waals surface area contributed by atoms with Crippen LogP contribution >= 0.6 is 0 Å².